The lowest BCUT2D eigenvalue weighted by Gasteiger charge is -2.18. The molecule has 0 heterocycles. The Labute approximate surface area is 116 Å². The van der Waals surface area contributed by atoms with E-state index in [1.807, 2.05) is 6.92 Å². The Hall–Kier alpha value is -0.990. The van der Waals surface area contributed by atoms with Gasteiger partial charge in [-0.15, -0.1) is 11.6 Å². The van der Waals surface area contributed by atoms with Crippen molar-refractivity contribution in [3.63, 3.8) is 0 Å². The summed E-state index contributed by atoms with van der Waals surface area (Å²) in [6.45, 7) is 12.8. The van der Waals surface area contributed by atoms with Crippen LogP contribution in [0.25, 0.3) is 0 Å². The Morgan fingerprint density at radius 1 is 1.39 bits per heavy atom. The Bertz CT molecular complexity index is 427. The summed E-state index contributed by atoms with van der Waals surface area (Å²) in [4.78, 5) is 0. The third-order valence-corrected chi connectivity index (χ3v) is 3.25. The molecular formula is C15H24ClNO. The highest BCUT2D eigenvalue weighted by Crippen LogP contribution is 2.31. The van der Waals surface area contributed by atoms with Crippen molar-refractivity contribution in [2.75, 3.05) is 6.61 Å². The van der Waals surface area contributed by atoms with Crippen molar-refractivity contribution in [2.24, 2.45) is 0 Å². The standard InChI is InChI=1S/C15H21ClO.H3N/c1-6-14-12(5)11(4)7-13(8-16)15(14)17-9-10(2)3;/h7H,2,6,8-9H2,1,3-5H3;1H3. The predicted molar refractivity (Wildman–Crippen MR) is 80.2 cm³/mol. The summed E-state index contributed by atoms with van der Waals surface area (Å²) in [6.07, 6.45) is 0.961. The zero-order valence-electron chi connectivity index (χ0n) is 11.9. The maximum absolute atomic E-state index is 6.00. The van der Waals surface area contributed by atoms with Crippen LogP contribution >= 0.6 is 11.6 Å². The van der Waals surface area contributed by atoms with Gasteiger partial charge >= 0.3 is 0 Å². The van der Waals surface area contributed by atoms with E-state index in [2.05, 4.69) is 33.4 Å². The highest BCUT2D eigenvalue weighted by Gasteiger charge is 2.13. The van der Waals surface area contributed by atoms with Gasteiger partial charge < -0.3 is 10.9 Å². The molecule has 0 aromatic heterocycles. The molecule has 0 aliphatic carbocycles. The molecule has 0 saturated heterocycles. The van der Waals surface area contributed by atoms with Gasteiger partial charge in [-0.25, -0.2) is 0 Å². The van der Waals surface area contributed by atoms with Gasteiger partial charge in [-0.1, -0.05) is 19.6 Å². The van der Waals surface area contributed by atoms with Crippen molar-refractivity contribution < 1.29 is 4.74 Å². The first-order chi connectivity index (χ1) is 8.01. The van der Waals surface area contributed by atoms with Crippen molar-refractivity contribution in [1.82, 2.24) is 6.15 Å². The number of benzene rings is 1. The highest BCUT2D eigenvalue weighted by atomic mass is 35.5. The largest absolute Gasteiger partial charge is 0.489 e. The summed E-state index contributed by atoms with van der Waals surface area (Å²) >= 11 is 6.00. The third kappa shape index (κ3) is 3.76. The fraction of sp³-hybridized carbons (Fsp3) is 0.467. The van der Waals surface area contributed by atoms with Crippen LogP contribution in [0, 0.1) is 13.8 Å². The summed E-state index contributed by atoms with van der Waals surface area (Å²) in [7, 11) is 0. The quantitative estimate of drug-likeness (QED) is 0.621. The van der Waals surface area contributed by atoms with Gasteiger partial charge in [0.25, 0.3) is 0 Å². The van der Waals surface area contributed by atoms with E-state index in [-0.39, 0.29) is 6.15 Å². The molecule has 0 unspecified atom stereocenters. The van der Waals surface area contributed by atoms with Crippen LogP contribution in [0.1, 0.15) is 36.1 Å². The lowest BCUT2D eigenvalue weighted by atomic mass is 9.97. The van der Waals surface area contributed by atoms with Crippen LogP contribution in [0.3, 0.4) is 0 Å². The molecule has 0 spiro atoms. The van der Waals surface area contributed by atoms with Gasteiger partial charge in [-0.3, -0.25) is 0 Å². The topological polar surface area (TPSA) is 44.2 Å². The second kappa shape index (κ2) is 7.45. The molecule has 0 saturated carbocycles. The Kier molecular flexibility index (Phi) is 7.04. The van der Waals surface area contributed by atoms with Gasteiger partial charge in [0.15, 0.2) is 0 Å². The summed E-state index contributed by atoms with van der Waals surface area (Å²) in [5.41, 5.74) is 5.94. The van der Waals surface area contributed by atoms with E-state index in [0.29, 0.717) is 12.5 Å². The molecule has 1 aromatic rings. The van der Waals surface area contributed by atoms with Gasteiger partial charge in [-0.2, -0.15) is 0 Å². The Balaban J connectivity index is 0.00000289. The number of rotatable bonds is 5. The monoisotopic (exact) mass is 269 g/mol. The number of hydrogen-bond donors (Lipinski definition) is 1. The van der Waals surface area contributed by atoms with E-state index in [1.165, 1.54) is 16.7 Å². The van der Waals surface area contributed by atoms with Gasteiger partial charge in [-0.05, 0) is 49.5 Å². The smallest absolute Gasteiger partial charge is 0.127 e. The molecule has 1 rings (SSSR count). The van der Waals surface area contributed by atoms with Gasteiger partial charge in [0, 0.05) is 5.56 Å². The van der Waals surface area contributed by atoms with Crippen LogP contribution in [0.2, 0.25) is 0 Å². The average molecular weight is 270 g/mol. The molecule has 0 atom stereocenters. The first-order valence-electron chi connectivity index (χ1n) is 5.96. The van der Waals surface area contributed by atoms with Gasteiger partial charge in [0.05, 0.1) is 5.88 Å². The van der Waals surface area contributed by atoms with Crippen LogP contribution in [0.15, 0.2) is 18.2 Å². The summed E-state index contributed by atoms with van der Waals surface area (Å²) in [6, 6.07) is 2.12. The number of alkyl halides is 1. The second-order valence-corrected chi connectivity index (χ2v) is 4.79. The van der Waals surface area contributed by atoms with Crippen molar-refractivity contribution >= 4 is 11.6 Å². The number of aryl methyl sites for hydroxylation is 1. The molecule has 1 aromatic carbocycles. The lowest BCUT2D eigenvalue weighted by molar-refractivity contribution is 0.346. The molecule has 3 N–H and O–H groups in total. The molecular weight excluding hydrogens is 246 g/mol. The molecule has 0 bridgehead atoms. The minimum Gasteiger partial charge on any atom is -0.489 e. The van der Waals surface area contributed by atoms with E-state index in [4.69, 9.17) is 16.3 Å². The van der Waals surface area contributed by atoms with E-state index < -0.39 is 0 Å². The molecule has 102 valence electrons. The fourth-order valence-corrected chi connectivity index (χ4v) is 2.14. The maximum Gasteiger partial charge on any atom is 0.127 e. The van der Waals surface area contributed by atoms with E-state index in [0.717, 1.165) is 23.3 Å². The number of halogens is 1. The SMILES string of the molecule is C=C(C)COc1c(CCl)cc(C)c(C)c1CC.N. The zero-order chi connectivity index (χ0) is 13.0. The summed E-state index contributed by atoms with van der Waals surface area (Å²) < 4.78 is 5.86. The van der Waals surface area contributed by atoms with Crippen molar-refractivity contribution in [1.29, 1.82) is 0 Å². The lowest BCUT2D eigenvalue weighted by Crippen LogP contribution is -2.05. The highest BCUT2D eigenvalue weighted by molar-refractivity contribution is 6.17. The normalized spacial score (nSPS) is 9.83. The first-order valence-corrected chi connectivity index (χ1v) is 6.49. The zero-order valence-corrected chi connectivity index (χ0v) is 12.7. The molecule has 3 heteroatoms. The van der Waals surface area contributed by atoms with Crippen LogP contribution in [-0.4, -0.2) is 6.61 Å². The minimum atomic E-state index is 0. The Morgan fingerprint density at radius 3 is 2.44 bits per heavy atom. The Morgan fingerprint density at radius 2 is 2.00 bits per heavy atom. The number of hydrogen-bond acceptors (Lipinski definition) is 2. The van der Waals surface area contributed by atoms with Gasteiger partial charge in [0.1, 0.15) is 12.4 Å². The molecule has 0 aliphatic rings. The molecule has 0 aliphatic heterocycles. The molecule has 2 nitrogen and oxygen atoms in total. The van der Waals surface area contributed by atoms with Crippen LogP contribution in [0.5, 0.6) is 5.75 Å². The van der Waals surface area contributed by atoms with Gasteiger partial charge in [0.2, 0.25) is 0 Å². The van der Waals surface area contributed by atoms with E-state index in [1.54, 1.807) is 0 Å². The predicted octanol–water partition coefficient (Wildman–Crippen LogP) is 4.72. The van der Waals surface area contributed by atoms with Crippen LogP contribution in [-0.2, 0) is 12.3 Å². The third-order valence-electron chi connectivity index (χ3n) is 2.96. The van der Waals surface area contributed by atoms with Crippen molar-refractivity contribution in [3.05, 3.63) is 40.5 Å². The van der Waals surface area contributed by atoms with Crippen LogP contribution < -0.4 is 10.9 Å². The fourth-order valence-electron chi connectivity index (χ4n) is 1.94. The van der Waals surface area contributed by atoms with E-state index >= 15 is 0 Å². The average Bonchev–Trinajstić information content (AvgIpc) is 2.29. The molecule has 18 heavy (non-hydrogen) atoms. The summed E-state index contributed by atoms with van der Waals surface area (Å²) in [5.74, 6) is 1.44. The number of ether oxygens (including phenoxy) is 1. The van der Waals surface area contributed by atoms with Crippen LogP contribution in [0.4, 0.5) is 0 Å². The van der Waals surface area contributed by atoms with Crippen molar-refractivity contribution in [2.45, 2.75) is 40.0 Å². The first kappa shape index (κ1) is 17.0. The molecule has 0 fully saturated rings. The van der Waals surface area contributed by atoms with Crippen molar-refractivity contribution in [3.8, 4) is 5.75 Å². The van der Waals surface area contributed by atoms with E-state index in [9.17, 15) is 0 Å². The maximum atomic E-state index is 6.00. The summed E-state index contributed by atoms with van der Waals surface area (Å²) in [5, 5.41) is 0. The molecule has 0 radical (unpaired) electrons. The second-order valence-electron chi connectivity index (χ2n) is 4.52. The minimum absolute atomic E-state index is 0. The molecule has 0 amide bonds.